The molecule has 1 aromatic rings. The Morgan fingerprint density at radius 1 is 1.17 bits per heavy atom. The van der Waals surface area contributed by atoms with E-state index in [4.69, 9.17) is 0 Å². The molecule has 2 aliphatic rings. The Bertz CT molecular complexity index is 596. The summed E-state index contributed by atoms with van der Waals surface area (Å²) in [5, 5.41) is 5.64. The fourth-order valence-electron chi connectivity index (χ4n) is 3.02. The lowest BCUT2D eigenvalue weighted by Gasteiger charge is -2.16. The van der Waals surface area contributed by atoms with Gasteiger partial charge in [0.2, 0.25) is 11.8 Å². The van der Waals surface area contributed by atoms with E-state index in [1.165, 1.54) is 25.5 Å². The van der Waals surface area contributed by atoms with Crippen molar-refractivity contribution in [2.45, 2.75) is 25.3 Å². The van der Waals surface area contributed by atoms with E-state index in [1.54, 1.807) is 6.08 Å². The van der Waals surface area contributed by atoms with Crippen LogP contribution >= 0.6 is 0 Å². The minimum atomic E-state index is -0.254. The van der Waals surface area contributed by atoms with E-state index in [0.717, 1.165) is 31.0 Å². The number of nitrogens with one attached hydrogen (secondary N) is 2. The number of hydrogen-bond donors (Lipinski definition) is 2. The van der Waals surface area contributed by atoms with E-state index in [0.29, 0.717) is 0 Å². The Morgan fingerprint density at radius 3 is 2.71 bits per heavy atom. The summed E-state index contributed by atoms with van der Waals surface area (Å²) >= 11 is 0. The van der Waals surface area contributed by atoms with Gasteiger partial charge in [0, 0.05) is 31.8 Å². The van der Waals surface area contributed by atoms with Crippen molar-refractivity contribution in [3.05, 3.63) is 42.0 Å². The fraction of sp³-hybridized carbons (Fsp3) is 0.474. The minimum absolute atomic E-state index is 0.0249. The molecule has 5 nitrogen and oxygen atoms in total. The highest BCUT2D eigenvalue weighted by molar-refractivity contribution is 5.94. The summed E-state index contributed by atoms with van der Waals surface area (Å²) < 4.78 is 0. The summed E-state index contributed by atoms with van der Waals surface area (Å²) in [6.45, 7) is 3.20. The Hall–Kier alpha value is -2.14. The summed E-state index contributed by atoms with van der Waals surface area (Å²) in [7, 11) is 0. The molecule has 1 aliphatic carbocycles. The summed E-state index contributed by atoms with van der Waals surface area (Å²) in [6.07, 6.45) is 6.90. The lowest BCUT2D eigenvalue weighted by Crippen LogP contribution is -2.42. The molecule has 3 rings (SSSR count). The van der Waals surface area contributed by atoms with Gasteiger partial charge in [0.1, 0.15) is 0 Å². The van der Waals surface area contributed by atoms with Crippen LogP contribution in [0.2, 0.25) is 0 Å². The molecular formula is C19H25N3O2. The van der Waals surface area contributed by atoms with E-state index >= 15 is 0 Å². The number of benzene rings is 1. The molecule has 0 unspecified atom stereocenters. The van der Waals surface area contributed by atoms with Gasteiger partial charge in [-0.15, -0.1) is 0 Å². The average molecular weight is 327 g/mol. The molecule has 2 N–H and O–H groups in total. The zero-order valence-corrected chi connectivity index (χ0v) is 13.9. The first kappa shape index (κ1) is 16.7. The third kappa shape index (κ3) is 5.49. The van der Waals surface area contributed by atoms with E-state index in [2.05, 4.69) is 15.5 Å². The van der Waals surface area contributed by atoms with Gasteiger partial charge in [0.05, 0.1) is 6.54 Å². The van der Waals surface area contributed by atoms with Crippen molar-refractivity contribution in [2.75, 3.05) is 26.2 Å². The molecule has 0 aromatic heterocycles. The van der Waals surface area contributed by atoms with E-state index < -0.39 is 0 Å². The standard InChI is InChI=1S/C19H25N3O2/c23-18(9-8-15-4-2-1-3-5-15)20-12-19(24)21-17-10-11-22(14-17)13-16-6-7-16/h1-5,8-9,16-17H,6-7,10-14H2,(H,20,23)(H,21,24)/b9-8+/t17-/m1/s1. The summed E-state index contributed by atoms with van der Waals surface area (Å²) in [4.78, 5) is 26.1. The van der Waals surface area contributed by atoms with Crippen LogP contribution in [0, 0.1) is 5.92 Å². The zero-order valence-electron chi connectivity index (χ0n) is 13.9. The van der Waals surface area contributed by atoms with Gasteiger partial charge in [-0.05, 0) is 36.8 Å². The molecule has 5 heteroatoms. The lowest BCUT2D eigenvalue weighted by atomic mass is 10.2. The SMILES string of the molecule is O=C(/C=C/c1ccccc1)NCC(=O)N[C@@H]1CCN(CC2CC2)C1. The van der Waals surface area contributed by atoms with Crippen molar-refractivity contribution < 1.29 is 9.59 Å². The van der Waals surface area contributed by atoms with Crippen LogP contribution in [0.5, 0.6) is 0 Å². The predicted octanol–water partition coefficient (Wildman–Crippen LogP) is 1.42. The number of nitrogens with zero attached hydrogens (tertiary/aromatic N) is 1. The monoisotopic (exact) mass is 327 g/mol. The third-order valence-electron chi connectivity index (χ3n) is 4.50. The van der Waals surface area contributed by atoms with Crippen LogP contribution in [0.25, 0.3) is 6.08 Å². The summed E-state index contributed by atoms with van der Waals surface area (Å²) in [5.41, 5.74) is 0.957. The van der Waals surface area contributed by atoms with Crippen LogP contribution in [0.1, 0.15) is 24.8 Å². The quantitative estimate of drug-likeness (QED) is 0.745. The van der Waals surface area contributed by atoms with Gasteiger partial charge in [0.15, 0.2) is 0 Å². The molecule has 1 saturated carbocycles. The second-order valence-corrected chi connectivity index (χ2v) is 6.72. The Labute approximate surface area is 143 Å². The van der Waals surface area contributed by atoms with Crippen molar-refractivity contribution in [1.82, 2.24) is 15.5 Å². The highest BCUT2D eigenvalue weighted by Gasteiger charge is 2.29. The molecule has 0 spiro atoms. The second kappa shape index (κ2) is 8.11. The smallest absolute Gasteiger partial charge is 0.244 e. The van der Waals surface area contributed by atoms with Crippen molar-refractivity contribution >= 4 is 17.9 Å². The van der Waals surface area contributed by atoms with Crippen LogP contribution in [0.4, 0.5) is 0 Å². The average Bonchev–Trinajstić information content (AvgIpc) is 3.30. The number of amides is 2. The molecule has 1 saturated heterocycles. The highest BCUT2D eigenvalue weighted by Crippen LogP contribution is 2.30. The molecule has 2 amide bonds. The van der Waals surface area contributed by atoms with E-state index in [1.807, 2.05) is 30.3 Å². The normalized spacial score (nSPS) is 21.1. The van der Waals surface area contributed by atoms with Crippen LogP contribution in [0.15, 0.2) is 36.4 Å². The third-order valence-corrected chi connectivity index (χ3v) is 4.50. The highest BCUT2D eigenvalue weighted by atomic mass is 16.2. The maximum atomic E-state index is 12.0. The molecule has 128 valence electrons. The first-order chi connectivity index (χ1) is 11.7. The number of carbonyl (C=O) groups is 2. The van der Waals surface area contributed by atoms with Gasteiger partial charge in [-0.3, -0.25) is 9.59 Å². The van der Waals surface area contributed by atoms with Crippen LogP contribution in [-0.4, -0.2) is 48.9 Å². The first-order valence-electron chi connectivity index (χ1n) is 8.72. The molecule has 0 bridgehead atoms. The second-order valence-electron chi connectivity index (χ2n) is 6.72. The lowest BCUT2D eigenvalue weighted by molar-refractivity contribution is -0.124. The van der Waals surface area contributed by atoms with Crippen molar-refractivity contribution in [3.63, 3.8) is 0 Å². The maximum absolute atomic E-state index is 12.0. The summed E-state index contributed by atoms with van der Waals surface area (Å²) in [6, 6.07) is 9.82. The Balaban J connectivity index is 1.33. The Kier molecular flexibility index (Phi) is 5.64. The molecule has 1 heterocycles. The zero-order chi connectivity index (χ0) is 16.8. The largest absolute Gasteiger partial charge is 0.350 e. The van der Waals surface area contributed by atoms with Crippen LogP contribution < -0.4 is 10.6 Å². The van der Waals surface area contributed by atoms with Gasteiger partial charge in [-0.2, -0.15) is 0 Å². The van der Waals surface area contributed by atoms with Gasteiger partial charge in [-0.25, -0.2) is 0 Å². The number of carbonyl (C=O) groups excluding carboxylic acids is 2. The van der Waals surface area contributed by atoms with Gasteiger partial charge >= 0.3 is 0 Å². The molecule has 24 heavy (non-hydrogen) atoms. The minimum Gasteiger partial charge on any atom is -0.350 e. The number of likely N-dealkylation sites (tertiary alicyclic amines) is 1. The summed E-state index contributed by atoms with van der Waals surface area (Å²) in [5.74, 6) is 0.514. The molecule has 1 aromatic carbocycles. The molecule has 0 radical (unpaired) electrons. The maximum Gasteiger partial charge on any atom is 0.244 e. The Morgan fingerprint density at radius 2 is 1.96 bits per heavy atom. The fourth-order valence-corrected chi connectivity index (χ4v) is 3.02. The van der Waals surface area contributed by atoms with E-state index in [9.17, 15) is 9.59 Å². The topological polar surface area (TPSA) is 61.4 Å². The molecule has 1 atom stereocenters. The predicted molar refractivity (Wildman–Crippen MR) is 94.2 cm³/mol. The number of hydrogen-bond acceptors (Lipinski definition) is 3. The van der Waals surface area contributed by atoms with Gasteiger partial charge in [-0.1, -0.05) is 30.3 Å². The molecule has 1 aliphatic heterocycles. The van der Waals surface area contributed by atoms with Crippen molar-refractivity contribution in [1.29, 1.82) is 0 Å². The first-order valence-corrected chi connectivity index (χ1v) is 8.72. The van der Waals surface area contributed by atoms with Gasteiger partial charge < -0.3 is 15.5 Å². The van der Waals surface area contributed by atoms with Crippen LogP contribution in [0.3, 0.4) is 0 Å². The number of rotatable bonds is 7. The molecule has 2 fully saturated rings. The van der Waals surface area contributed by atoms with Gasteiger partial charge in [0.25, 0.3) is 0 Å². The van der Waals surface area contributed by atoms with Crippen molar-refractivity contribution in [2.24, 2.45) is 5.92 Å². The van der Waals surface area contributed by atoms with Crippen molar-refractivity contribution in [3.8, 4) is 0 Å². The van der Waals surface area contributed by atoms with E-state index in [-0.39, 0.29) is 24.4 Å². The van der Waals surface area contributed by atoms with Crippen LogP contribution in [-0.2, 0) is 9.59 Å². The molecular weight excluding hydrogens is 302 g/mol.